The SMILES string of the molecule is O=C(NCCCCCCn1ccnc1)c1cc(Cl)ccc1Cl. The summed E-state index contributed by atoms with van der Waals surface area (Å²) < 4.78 is 2.07. The first-order chi connectivity index (χ1) is 10.7. The number of halogens is 2. The van der Waals surface area contributed by atoms with Crippen LogP contribution in [0.1, 0.15) is 36.0 Å². The zero-order valence-electron chi connectivity index (χ0n) is 12.3. The Labute approximate surface area is 140 Å². The van der Waals surface area contributed by atoms with Gasteiger partial charge >= 0.3 is 0 Å². The van der Waals surface area contributed by atoms with Gasteiger partial charge in [0.25, 0.3) is 5.91 Å². The van der Waals surface area contributed by atoms with Crippen molar-refractivity contribution in [1.82, 2.24) is 14.9 Å². The lowest BCUT2D eigenvalue weighted by Crippen LogP contribution is -2.24. The van der Waals surface area contributed by atoms with Crippen LogP contribution in [0.3, 0.4) is 0 Å². The number of rotatable bonds is 8. The lowest BCUT2D eigenvalue weighted by atomic mass is 10.2. The summed E-state index contributed by atoms with van der Waals surface area (Å²) in [5.74, 6) is -0.175. The van der Waals surface area contributed by atoms with Crippen LogP contribution in [-0.4, -0.2) is 22.0 Å². The Kier molecular flexibility index (Phi) is 6.74. The summed E-state index contributed by atoms with van der Waals surface area (Å²) in [6, 6.07) is 4.89. The van der Waals surface area contributed by atoms with Crippen molar-refractivity contribution in [3.63, 3.8) is 0 Å². The molecular weight excluding hydrogens is 321 g/mol. The summed E-state index contributed by atoms with van der Waals surface area (Å²) in [5, 5.41) is 3.80. The molecule has 0 aliphatic heterocycles. The molecule has 0 aliphatic rings. The Hall–Kier alpha value is -1.52. The first-order valence-electron chi connectivity index (χ1n) is 7.36. The van der Waals surface area contributed by atoms with Gasteiger partial charge < -0.3 is 9.88 Å². The molecule has 22 heavy (non-hydrogen) atoms. The Morgan fingerprint density at radius 1 is 1.18 bits per heavy atom. The molecule has 1 aromatic heterocycles. The third-order valence-electron chi connectivity index (χ3n) is 3.36. The summed E-state index contributed by atoms with van der Waals surface area (Å²) in [7, 11) is 0. The van der Waals surface area contributed by atoms with Crippen molar-refractivity contribution in [2.75, 3.05) is 6.54 Å². The van der Waals surface area contributed by atoms with Crippen LogP contribution in [0.2, 0.25) is 10.0 Å². The molecule has 2 aromatic rings. The van der Waals surface area contributed by atoms with E-state index in [2.05, 4.69) is 14.9 Å². The number of aryl methyl sites for hydroxylation is 1. The highest BCUT2D eigenvalue weighted by molar-refractivity contribution is 6.35. The first kappa shape index (κ1) is 16.8. The quantitative estimate of drug-likeness (QED) is 0.733. The van der Waals surface area contributed by atoms with Gasteiger partial charge in [-0.25, -0.2) is 4.98 Å². The number of imidazole rings is 1. The van der Waals surface area contributed by atoms with Gasteiger partial charge in [-0.05, 0) is 31.0 Å². The average molecular weight is 340 g/mol. The van der Waals surface area contributed by atoms with Crippen molar-refractivity contribution in [3.05, 3.63) is 52.5 Å². The van der Waals surface area contributed by atoms with Gasteiger partial charge in [0.15, 0.2) is 0 Å². The summed E-state index contributed by atoms with van der Waals surface area (Å²) in [4.78, 5) is 16.0. The lowest BCUT2D eigenvalue weighted by molar-refractivity contribution is 0.0953. The van der Waals surface area contributed by atoms with E-state index in [-0.39, 0.29) is 5.91 Å². The van der Waals surface area contributed by atoms with E-state index >= 15 is 0 Å². The fourth-order valence-corrected chi connectivity index (χ4v) is 2.54. The van der Waals surface area contributed by atoms with Crippen molar-refractivity contribution < 1.29 is 4.79 Å². The minimum absolute atomic E-state index is 0.175. The fourth-order valence-electron chi connectivity index (χ4n) is 2.16. The van der Waals surface area contributed by atoms with Crippen LogP contribution in [0.15, 0.2) is 36.9 Å². The highest BCUT2D eigenvalue weighted by Crippen LogP contribution is 2.20. The second kappa shape index (κ2) is 8.81. The van der Waals surface area contributed by atoms with Crippen LogP contribution in [0.4, 0.5) is 0 Å². The maximum atomic E-state index is 12.0. The number of nitrogens with one attached hydrogen (secondary N) is 1. The van der Waals surface area contributed by atoms with E-state index in [9.17, 15) is 4.79 Å². The van der Waals surface area contributed by atoms with Gasteiger partial charge in [0.2, 0.25) is 0 Å². The normalized spacial score (nSPS) is 10.6. The van der Waals surface area contributed by atoms with Crippen LogP contribution in [0.5, 0.6) is 0 Å². The van der Waals surface area contributed by atoms with Gasteiger partial charge in [-0.15, -0.1) is 0 Å². The Bertz CT molecular complexity index is 599. The van der Waals surface area contributed by atoms with Crippen molar-refractivity contribution >= 4 is 29.1 Å². The van der Waals surface area contributed by atoms with Gasteiger partial charge in [0, 0.05) is 30.5 Å². The van der Waals surface area contributed by atoms with Crippen LogP contribution < -0.4 is 5.32 Å². The van der Waals surface area contributed by atoms with E-state index in [1.165, 1.54) is 0 Å². The molecule has 0 saturated heterocycles. The van der Waals surface area contributed by atoms with Crippen LogP contribution in [-0.2, 0) is 6.54 Å². The van der Waals surface area contributed by atoms with Crippen molar-refractivity contribution in [2.45, 2.75) is 32.2 Å². The highest BCUT2D eigenvalue weighted by Gasteiger charge is 2.10. The summed E-state index contributed by atoms with van der Waals surface area (Å²) >= 11 is 11.9. The topological polar surface area (TPSA) is 46.9 Å². The molecule has 0 unspecified atom stereocenters. The zero-order chi connectivity index (χ0) is 15.8. The van der Waals surface area contributed by atoms with E-state index in [0.29, 0.717) is 22.2 Å². The monoisotopic (exact) mass is 339 g/mol. The number of aromatic nitrogens is 2. The minimum Gasteiger partial charge on any atom is -0.352 e. The number of hydrogen-bond acceptors (Lipinski definition) is 2. The molecule has 0 saturated carbocycles. The standard InChI is InChI=1S/C16H19Cl2N3O/c17-13-5-6-15(18)14(11-13)16(22)20-7-3-1-2-4-9-21-10-8-19-12-21/h5-6,8,10-12H,1-4,7,9H2,(H,20,22). The van der Waals surface area contributed by atoms with Gasteiger partial charge in [0.1, 0.15) is 0 Å². The minimum atomic E-state index is -0.175. The van der Waals surface area contributed by atoms with Crippen LogP contribution in [0, 0.1) is 0 Å². The van der Waals surface area contributed by atoms with Crippen LogP contribution >= 0.6 is 23.2 Å². The highest BCUT2D eigenvalue weighted by atomic mass is 35.5. The molecule has 0 spiro atoms. The van der Waals surface area contributed by atoms with Gasteiger partial charge in [-0.3, -0.25) is 4.79 Å². The molecule has 6 heteroatoms. The third-order valence-corrected chi connectivity index (χ3v) is 3.93. The molecule has 2 rings (SSSR count). The Morgan fingerprint density at radius 2 is 2.00 bits per heavy atom. The molecule has 0 aliphatic carbocycles. The number of carbonyl (C=O) groups is 1. The third kappa shape index (κ3) is 5.35. The first-order valence-corrected chi connectivity index (χ1v) is 8.11. The average Bonchev–Trinajstić information content (AvgIpc) is 3.02. The molecule has 4 nitrogen and oxygen atoms in total. The summed E-state index contributed by atoms with van der Waals surface area (Å²) in [6.07, 6.45) is 9.86. The van der Waals surface area contributed by atoms with Crippen molar-refractivity contribution in [3.8, 4) is 0 Å². The zero-order valence-corrected chi connectivity index (χ0v) is 13.8. The Balaban J connectivity index is 1.60. The molecule has 118 valence electrons. The maximum Gasteiger partial charge on any atom is 0.252 e. The lowest BCUT2D eigenvalue weighted by Gasteiger charge is -2.07. The molecular formula is C16H19Cl2N3O. The largest absolute Gasteiger partial charge is 0.352 e. The predicted molar refractivity (Wildman–Crippen MR) is 89.5 cm³/mol. The van der Waals surface area contributed by atoms with Gasteiger partial charge in [0.05, 0.1) is 16.9 Å². The maximum absolute atomic E-state index is 12.0. The van der Waals surface area contributed by atoms with Crippen molar-refractivity contribution in [2.24, 2.45) is 0 Å². The van der Waals surface area contributed by atoms with Gasteiger partial charge in [-0.2, -0.15) is 0 Å². The van der Waals surface area contributed by atoms with Gasteiger partial charge in [-0.1, -0.05) is 36.0 Å². The van der Waals surface area contributed by atoms with Crippen LogP contribution in [0.25, 0.3) is 0 Å². The molecule has 1 N–H and O–H groups in total. The Morgan fingerprint density at radius 3 is 2.77 bits per heavy atom. The van der Waals surface area contributed by atoms with Crippen molar-refractivity contribution in [1.29, 1.82) is 0 Å². The number of benzene rings is 1. The van der Waals surface area contributed by atoms with E-state index in [1.54, 1.807) is 24.4 Å². The molecule has 0 radical (unpaired) electrons. The summed E-state index contributed by atoms with van der Waals surface area (Å²) in [6.45, 7) is 1.64. The molecule has 0 fully saturated rings. The molecule has 0 atom stereocenters. The van der Waals surface area contributed by atoms with E-state index in [1.807, 2.05) is 12.5 Å². The molecule has 0 bridgehead atoms. The van der Waals surface area contributed by atoms with E-state index < -0.39 is 0 Å². The second-order valence-electron chi connectivity index (χ2n) is 5.09. The van der Waals surface area contributed by atoms with E-state index in [4.69, 9.17) is 23.2 Å². The second-order valence-corrected chi connectivity index (χ2v) is 5.94. The number of unbranched alkanes of at least 4 members (excludes halogenated alkanes) is 3. The summed E-state index contributed by atoms with van der Waals surface area (Å²) in [5.41, 5.74) is 0.425. The molecule has 1 heterocycles. The smallest absolute Gasteiger partial charge is 0.252 e. The number of nitrogens with zero attached hydrogens (tertiary/aromatic N) is 2. The number of amides is 1. The van der Waals surface area contributed by atoms with E-state index in [0.717, 1.165) is 32.2 Å². The number of hydrogen-bond donors (Lipinski definition) is 1. The predicted octanol–water partition coefficient (Wildman–Crippen LogP) is 4.18. The molecule has 1 aromatic carbocycles. The number of carbonyl (C=O) groups excluding carboxylic acids is 1. The molecule has 1 amide bonds. The fraction of sp³-hybridized carbons (Fsp3) is 0.375.